The predicted molar refractivity (Wildman–Crippen MR) is 93.8 cm³/mol. The van der Waals surface area contributed by atoms with Gasteiger partial charge >= 0.3 is 0 Å². The average Bonchev–Trinajstić information content (AvgIpc) is 2.91. The summed E-state index contributed by atoms with van der Waals surface area (Å²) in [4.78, 5) is 12.7. The zero-order valence-corrected chi connectivity index (χ0v) is 14.3. The van der Waals surface area contributed by atoms with Gasteiger partial charge in [-0.2, -0.15) is 0 Å². The van der Waals surface area contributed by atoms with Crippen LogP contribution in [0.2, 0.25) is 0 Å². The fourth-order valence-corrected chi connectivity index (χ4v) is 6.80. The summed E-state index contributed by atoms with van der Waals surface area (Å²) in [6.45, 7) is 0. The number of anilines is 1. The SMILES string of the molecule is O=C(CC12CC3CC(CC(O)(C3)C1)C2)Nc1ccc2c(c1)CCC2. The van der Waals surface area contributed by atoms with Crippen LogP contribution in [0.15, 0.2) is 18.2 Å². The Kier molecular flexibility index (Phi) is 3.16. The molecule has 5 aliphatic carbocycles. The third kappa shape index (κ3) is 2.48. The van der Waals surface area contributed by atoms with Crippen molar-refractivity contribution in [1.82, 2.24) is 0 Å². The topological polar surface area (TPSA) is 49.3 Å². The van der Waals surface area contributed by atoms with Gasteiger partial charge in [-0.3, -0.25) is 4.79 Å². The largest absolute Gasteiger partial charge is 0.390 e. The molecule has 128 valence electrons. The van der Waals surface area contributed by atoms with Crippen LogP contribution in [0, 0.1) is 17.3 Å². The van der Waals surface area contributed by atoms with Gasteiger partial charge in [0.1, 0.15) is 0 Å². The van der Waals surface area contributed by atoms with Crippen LogP contribution in [0.4, 0.5) is 5.69 Å². The standard InChI is InChI=1S/C21H27NO2/c23-19(22-18-5-4-16-2-1-3-17(16)7-18)12-20-8-14-6-15(9-20)11-21(24,10-14)13-20/h4-5,7,14-15,24H,1-3,6,8-13H2,(H,22,23). The molecule has 0 radical (unpaired) electrons. The molecule has 2 unspecified atom stereocenters. The van der Waals surface area contributed by atoms with Crippen molar-refractivity contribution in [1.29, 1.82) is 0 Å². The molecule has 6 rings (SSSR count). The van der Waals surface area contributed by atoms with E-state index in [9.17, 15) is 9.90 Å². The van der Waals surface area contributed by atoms with Gasteiger partial charge in [0.25, 0.3) is 0 Å². The lowest BCUT2D eigenvalue weighted by atomic mass is 9.47. The Hall–Kier alpha value is -1.35. The first kappa shape index (κ1) is 14.9. The predicted octanol–water partition coefficient (Wildman–Crippen LogP) is 3.84. The molecule has 2 atom stereocenters. The van der Waals surface area contributed by atoms with E-state index in [0.29, 0.717) is 18.3 Å². The summed E-state index contributed by atoms with van der Waals surface area (Å²) in [7, 11) is 0. The van der Waals surface area contributed by atoms with Crippen molar-refractivity contribution in [2.45, 2.75) is 69.8 Å². The molecule has 3 nitrogen and oxygen atoms in total. The van der Waals surface area contributed by atoms with Gasteiger partial charge in [-0.25, -0.2) is 0 Å². The van der Waals surface area contributed by atoms with Gasteiger partial charge in [-0.05, 0) is 98.3 Å². The Balaban J connectivity index is 1.30. The van der Waals surface area contributed by atoms with Crippen LogP contribution in [0.25, 0.3) is 0 Å². The Morgan fingerprint density at radius 3 is 2.62 bits per heavy atom. The van der Waals surface area contributed by atoms with Crippen LogP contribution < -0.4 is 5.32 Å². The molecule has 0 saturated heterocycles. The summed E-state index contributed by atoms with van der Waals surface area (Å²) >= 11 is 0. The maximum atomic E-state index is 12.7. The molecule has 1 aromatic carbocycles. The van der Waals surface area contributed by atoms with E-state index in [1.165, 1.54) is 30.4 Å². The Morgan fingerprint density at radius 2 is 1.88 bits per heavy atom. The third-order valence-electron chi connectivity index (χ3n) is 7.07. The van der Waals surface area contributed by atoms with E-state index in [1.54, 1.807) is 0 Å². The molecule has 4 fully saturated rings. The number of aryl methyl sites for hydroxylation is 2. The number of carbonyl (C=O) groups is 1. The normalized spacial score (nSPS) is 39.0. The average molecular weight is 325 g/mol. The highest BCUT2D eigenvalue weighted by molar-refractivity contribution is 5.91. The molecule has 3 heteroatoms. The van der Waals surface area contributed by atoms with Gasteiger partial charge < -0.3 is 10.4 Å². The first-order valence-corrected chi connectivity index (χ1v) is 9.65. The summed E-state index contributed by atoms with van der Waals surface area (Å²) in [5, 5.41) is 14.0. The molecule has 2 N–H and O–H groups in total. The minimum Gasteiger partial charge on any atom is -0.390 e. The highest BCUT2D eigenvalue weighted by Crippen LogP contribution is 2.62. The molecule has 4 saturated carbocycles. The number of benzene rings is 1. The van der Waals surface area contributed by atoms with Gasteiger partial charge in [0.05, 0.1) is 5.60 Å². The van der Waals surface area contributed by atoms with E-state index in [0.717, 1.165) is 44.2 Å². The molecule has 0 heterocycles. The molecule has 1 amide bonds. The smallest absolute Gasteiger partial charge is 0.224 e. The Labute approximate surface area is 143 Å². The number of rotatable bonds is 3. The van der Waals surface area contributed by atoms with E-state index in [1.807, 2.05) is 0 Å². The van der Waals surface area contributed by atoms with Gasteiger partial charge in [0.15, 0.2) is 0 Å². The van der Waals surface area contributed by atoms with Crippen molar-refractivity contribution in [2.75, 3.05) is 5.32 Å². The second kappa shape index (κ2) is 5.08. The van der Waals surface area contributed by atoms with Crippen LogP contribution in [-0.2, 0) is 17.6 Å². The van der Waals surface area contributed by atoms with E-state index in [2.05, 4.69) is 23.5 Å². The fraction of sp³-hybridized carbons (Fsp3) is 0.667. The second-order valence-corrected chi connectivity index (χ2v) is 9.25. The van der Waals surface area contributed by atoms with Crippen molar-refractivity contribution >= 4 is 11.6 Å². The van der Waals surface area contributed by atoms with Crippen LogP contribution in [0.3, 0.4) is 0 Å². The number of aliphatic hydroxyl groups is 1. The highest BCUT2D eigenvalue weighted by Gasteiger charge is 2.57. The molecule has 24 heavy (non-hydrogen) atoms. The lowest BCUT2D eigenvalue weighted by Crippen LogP contribution is -2.56. The minimum absolute atomic E-state index is 0.0552. The van der Waals surface area contributed by atoms with Crippen molar-refractivity contribution in [3.63, 3.8) is 0 Å². The number of hydrogen-bond donors (Lipinski definition) is 2. The van der Waals surface area contributed by atoms with Crippen LogP contribution in [0.1, 0.15) is 62.5 Å². The lowest BCUT2D eigenvalue weighted by molar-refractivity contribution is -0.167. The summed E-state index contributed by atoms with van der Waals surface area (Å²) < 4.78 is 0. The highest BCUT2D eigenvalue weighted by atomic mass is 16.3. The zero-order valence-electron chi connectivity index (χ0n) is 14.3. The summed E-state index contributed by atoms with van der Waals surface area (Å²) in [5.74, 6) is 1.42. The molecular formula is C21H27NO2. The molecular weight excluding hydrogens is 298 g/mol. The first-order valence-electron chi connectivity index (χ1n) is 9.65. The quantitative estimate of drug-likeness (QED) is 0.887. The summed E-state index contributed by atoms with van der Waals surface area (Å²) in [6.07, 6.45) is 10.5. The van der Waals surface area contributed by atoms with Crippen LogP contribution in [0.5, 0.6) is 0 Å². The Morgan fingerprint density at radius 1 is 1.12 bits per heavy atom. The van der Waals surface area contributed by atoms with E-state index >= 15 is 0 Å². The third-order valence-corrected chi connectivity index (χ3v) is 7.07. The first-order chi connectivity index (χ1) is 11.5. The number of carbonyl (C=O) groups excluding carboxylic acids is 1. The minimum atomic E-state index is -0.474. The maximum absolute atomic E-state index is 12.7. The van der Waals surface area contributed by atoms with Gasteiger partial charge in [-0.15, -0.1) is 0 Å². The van der Waals surface area contributed by atoms with Crippen LogP contribution in [-0.4, -0.2) is 16.6 Å². The van der Waals surface area contributed by atoms with Gasteiger partial charge in [-0.1, -0.05) is 6.07 Å². The second-order valence-electron chi connectivity index (χ2n) is 9.25. The van der Waals surface area contributed by atoms with E-state index in [4.69, 9.17) is 0 Å². The number of nitrogens with one attached hydrogen (secondary N) is 1. The lowest BCUT2D eigenvalue weighted by Gasteiger charge is -2.60. The summed E-state index contributed by atoms with van der Waals surface area (Å²) in [5.41, 5.74) is 3.37. The molecule has 1 aromatic rings. The van der Waals surface area contributed by atoms with Gasteiger partial charge in [0, 0.05) is 12.1 Å². The van der Waals surface area contributed by atoms with Crippen LogP contribution >= 0.6 is 0 Å². The van der Waals surface area contributed by atoms with Crippen molar-refractivity contribution in [2.24, 2.45) is 17.3 Å². The zero-order chi connectivity index (χ0) is 16.4. The molecule has 0 spiro atoms. The number of hydrogen-bond acceptors (Lipinski definition) is 2. The van der Waals surface area contributed by atoms with E-state index < -0.39 is 5.60 Å². The number of amides is 1. The monoisotopic (exact) mass is 325 g/mol. The maximum Gasteiger partial charge on any atom is 0.224 e. The number of fused-ring (bicyclic) bond motifs is 1. The van der Waals surface area contributed by atoms with Crippen molar-refractivity contribution in [3.8, 4) is 0 Å². The summed E-state index contributed by atoms with van der Waals surface area (Å²) in [6, 6.07) is 6.38. The molecule has 5 aliphatic rings. The Bertz CT molecular complexity index is 681. The molecule has 4 bridgehead atoms. The van der Waals surface area contributed by atoms with Crippen molar-refractivity contribution in [3.05, 3.63) is 29.3 Å². The fourth-order valence-electron chi connectivity index (χ4n) is 6.80. The molecule has 0 aromatic heterocycles. The van der Waals surface area contributed by atoms with Crippen molar-refractivity contribution < 1.29 is 9.90 Å². The van der Waals surface area contributed by atoms with E-state index in [-0.39, 0.29) is 11.3 Å². The molecule has 0 aliphatic heterocycles. The van der Waals surface area contributed by atoms with Gasteiger partial charge in [0.2, 0.25) is 5.91 Å².